The van der Waals surface area contributed by atoms with Crippen molar-refractivity contribution in [3.63, 3.8) is 0 Å². The van der Waals surface area contributed by atoms with Crippen LogP contribution in [0.1, 0.15) is 24.1 Å². The first kappa shape index (κ1) is 13.4. The Morgan fingerprint density at radius 3 is 2.89 bits per heavy atom. The summed E-state index contributed by atoms with van der Waals surface area (Å²) in [5, 5.41) is 12.9. The molecule has 1 aromatic carbocycles. The second kappa shape index (κ2) is 6.24. The zero-order valence-corrected chi connectivity index (χ0v) is 11.1. The minimum absolute atomic E-state index is 0.245. The molecule has 0 amide bonds. The van der Waals surface area contributed by atoms with Gasteiger partial charge in [-0.1, -0.05) is 6.92 Å². The molecule has 0 unspecified atom stereocenters. The van der Waals surface area contributed by atoms with E-state index in [-0.39, 0.29) is 5.75 Å². The number of benzene rings is 1. The molecule has 1 aromatic heterocycles. The second-order valence-electron chi connectivity index (χ2n) is 4.17. The van der Waals surface area contributed by atoms with E-state index in [4.69, 9.17) is 9.15 Å². The third kappa shape index (κ3) is 3.48. The molecular formula is C14H18N2O3. The van der Waals surface area contributed by atoms with Crippen LogP contribution in [0, 0.1) is 0 Å². The Morgan fingerprint density at radius 1 is 1.37 bits per heavy atom. The van der Waals surface area contributed by atoms with Gasteiger partial charge in [0.2, 0.25) is 5.89 Å². The van der Waals surface area contributed by atoms with E-state index >= 15 is 0 Å². The number of methoxy groups -OCH3 is 1. The van der Waals surface area contributed by atoms with Gasteiger partial charge in [-0.2, -0.15) is 0 Å². The molecule has 0 fully saturated rings. The lowest BCUT2D eigenvalue weighted by molar-refractivity contribution is 0.408. The fraction of sp³-hybridized carbons (Fsp3) is 0.357. The zero-order valence-electron chi connectivity index (χ0n) is 11.1. The highest BCUT2D eigenvalue weighted by molar-refractivity contribution is 5.39. The SMILES string of the molecule is CCc1cnc(CNCc2cc(OC)ccc2O)o1. The van der Waals surface area contributed by atoms with Gasteiger partial charge in [0, 0.05) is 18.5 Å². The van der Waals surface area contributed by atoms with Crippen LogP contribution in [0.15, 0.2) is 28.8 Å². The lowest BCUT2D eigenvalue weighted by Crippen LogP contribution is -2.13. The highest BCUT2D eigenvalue weighted by Gasteiger charge is 2.05. The average Bonchev–Trinajstić information content (AvgIpc) is 2.89. The molecule has 0 spiro atoms. The van der Waals surface area contributed by atoms with E-state index in [2.05, 4.69) is 10.3 Å². The van der Waals surface area contributed by atoms with Crippen LogP contribution in [0.3, 0.4) is 0 Å². The molecule has 0 radical (unpaired) electrons. The summed E-state index contributed by atoms with van der Waals surface area (Å²) in [5.74, 6) is 2.49. The highest BCUT2D eigenvalue weighted by atomic mass is 16.5. The molecule has 19 heavy (non-hydrogen) atoms. The largest absolute Gasteiger partial charge is 0.508 e. The van der Waals surface area contributed by atoms with Crippen LogP contribution in [0.5, 0.6) is 11.5 Å². The van der Waals surface area contributed by atoms with Crippen LogP contribution in [0.2, 0.25) is 0 Å². The maximum atomic E-state index is 9.74. The van der Waals surface area contributed by atoms with Crippen molar-refractivity contribution in [3.05, 3.63) is 41.6 Å². The lowest BCUT2D eigenvalue weighted by atomic mass is 10.2. The molecular weight excluding hydrogens is 244 g/mol. The number of ether oxygens (including phenoxy) is 1. The number of oxazole rings is 1. The van der Waals surface area contributed by atoms with Crippen molar-refractivity contribution < 1.29 is 14.3 Å². The number of hydrogen-bond acceptors (Lipinski definition) is 5. The fourth-order valence-electron chi connectivity index (χ4n) is 1.73. The van der Waals surface area contributed by atoms with Gasteiger partial charge < -0.3 is 19.6 Å². The van der Waals surface area contributed by atoms with Crippen molar-refractivity contribution in [1.29, 1.82) is 0 Å². The van der Waals surface area contributed by atoms with E-state index in [1.165, 1.54) is 0 Å². The summed E-state index contributed by atoms with van der Waals surface area (Å²) in [6, 6.07) is 5.14. The predicted molar refractivity (Wildman–Crippen MR) is 71.1 cm³/mol. The molecule has 5 heteroatoms. The number of nitrogens with one attached hydrogen (secondary N) is 1. The number of aromatic nitrogens is 1. The molecule has 2 aromatic rings. The number of phenolic OH excluding ortho intramolecular Hbond substituents is 1. The van der Waals surface area contributed by atoms with Crippen molar-refractivity contribution in [3.8, 4) is 11.5 Å². The molecule has 0 aliphatic heterocycles. The van der Waals surface area contributed by atoms with Gasteiger partial charge in [0.15, 0.2) is 0 Å². The van der Waals surface area contributed by atoms with Crippen molar-refractivity contribution in [2.24, 2.45) is 0 Å². The molecule has 0 atom stereocenters. The standard InChI is InChI=1S/C14H18N2O3/c1-3-11-8-16-14(19-11)9-15-7-10-6-12(18-2)4-5-13(10)17/h4-6,8,15,17H,3,7,9H2,1-2H3. The number of phenols is 1. The van der Waals surface area contributed by atoms with Crippen LogP contribution in [0.25, 0.3) is 0 Å². The number of aromatic hydroxyl groups is 1. The zero-order chi connectivity index (χ0) is 13.7. The van der Waals surface area contributed by atoms with E-state index in [1.54, 1.807) is 31.5 Å². The van der Waals surface area contributed by atoms with E-state index in [9.17, 15) is 5.11 Å². The summed E-state index contributed by atoms with van der Waals surface area (Å²) in [5.41, 5.74) is 0.779. The van der Waals surface area contributed by atoms with Crippen molar-refractivity contribution in [1.82, 2.24) is 10.3 Å². The molecule has 0 aliphatic rings. The monoisotopic (exact) mass is 262 g/mol. The Balaban J connectivity index is 1.91. The Hall–Kier alpha value is -2.01. The van der Waals surface area contributed by atoms with Gasteiger partial charge in [-0.15, -0.1) is 0 Å². The van der Waals surface area contributed by atoms with Crippen LogP contribution in [-0.4, -0.2) is 17.2 Å². The van der Waals surface area contributed by atoms with Crippen molar-refractivity contribution in [2.45, 2.75) is 26.4 Å². The van der Waals surface area contributed by atoms with E-state index in [1.807, 2.05) is 6.92 Å². The maximum absolute atomic E-state index is 9.74. The van der Waals surface area contributed by atoms with Gasteiger partial charge in [-0.05, 0) is 18.2 Å². The number of hydrogen-bond donors (Lipinski definition) is 2. The van der Waals surface area contributed by atoms with Gasteiger partial charge >= 0.3 is 0 Å². The van der Waals surface area contributed by atoms with Gasteiger partial charge in [0.25, 0.3) is 0 Å². The maximum Gasteiger partial charge on any atom is 0.208 e. The van der Waals surface area contributed by atoms with Gasteiger partial charge in [-0.3, -0.25) is 0 Å². The van der Waals surface area contributed by atoms with Crippen LogP contribution in [0.4, 0.5) is 0 Å². The molecule has 0 saturated heterocycles. The Labute approximate surface area is 112 Å². The minimum Gasteiger partial charge on any atom is -0.508 e. The predicted octanol–water partition coefficient (Wildman–Crippen LogP) is 2.24. The van der Waals surface area contributed by atoms with E-state index in [0.717, 1.165) is 23.5 Å². The minimum atomic E-state index is 0.245. The fourth-order valence-corrected chi connectivity index (χ4v) is 1.73. The van der Waals surface area contributed by atoms with Crippen LogP contribution >= 0.6 is 0 Å². The van der Waals surface area contributed by atoms with Gasteiger partial charge in [0.05, 0.1) is 19.9 Å². The molecule has 5 nitrogen and oxygen atoms in total. The first-order valence-electron chi connectivity index (χ1n) is 6.23. The summed E-state index contributed by atoms with van der Waals surface area (Å²) < 4.78 is 10.6. The number of aryl methyl sites for hydroxylation is 1. The Bertz CT molecular complexity index is 537. The second-order valence-corrected chi connectivity index (χ2v) is 4.17. The van der Waals surface area contributed by atoms with Crippen LogP contribution < -0.4 is 10.1 Å². The third-order valence-electron chi connectivity index (χ3n) is 2.83. The summed E-state index contributed by atoms with van der Waals surface area (Å²) in [6.45, 7) is 3.07. The highest BCUT2D eigenvalue weighted by Crippen LogP contribution is 2.22. The molecule has 102 valence electrons. The topological polar surface area (TPSA) is 67.5 Å². The Morgan fingerprint density at radius 2 is 2.21 bits per heavy atom. The van der Waals surface area contributed by atoms with Gasteiger partial charge in [0.1, 0.15) is 17.3 Å². The Kier molecular flexibility index (Phi) is 4.41. The summed E-state index contributed by atoms with van der Waals surface area (Å²) >= 11 is 0. The quantitative estimate of drug-likeness (QED) is 0.835. The molecule has 0 aliphatic carbocycles. The number of nitrogens with zero attached hydrogens (tertiary/aromatic N) is 1. The van der Waals surface area contributed by atoms with Gasteiger partial charge in [-0.25, -0.2) is 4.98 Å². The van der Waals surface area contributed by atoms with Crippen LogP contribution in [-0.2, 0) is 19.5 Å². The molecule has 0 saturated carbocycles. The van der Waals surface area contributed by atoms with Crippen molar-refractivity contribution in [2.75, 3.05) is 7.11 Å². The summed E-state index contributed by atoms with van der Waals surface area (Å²) in [4.78, 5) is 4.16. The number of rotatable bonds is 6. The molecule has 2 N–H and O–H groups in total. The third-order valence-corrected chi connectivity index (χ3v) is 2.83. The molecule has 2 rings (SSSR count). The van der Waals surface area contributed by atoms with E-state index in [0.29, 0.717) is 19.0 Å². The first-order valence-corrected chi connectivity index (χ1v) is 6.23. The summed E-state index contributed by atoms with van der Waals surface area (Å²) in [6.07, 6.45) is 2.57. The molecule has 0 bridgehead atoms. The van der Waals surface area contributed by atoms with E-state index < -0.39 is 0 Å². The first-order chi connectivity index (χ1) is 9.22. The van der Waals surface area contributed by atoms with Crippen molar-refractivity contribution >= 4 is 0 Å². The molecule has 1 heterocycles. The summed E-state index contributed by atoms with van der Waals surface area (Å²) in [7, 11) is 1.60. The average molecular weight is 262 g/mol. The lowest BCUT2D eigenvalue weighted by Gasteiger charge is -2.07. The normalized spacial score (nSPS) is 10.6. The smallest absolute Gasteiger partial charge is 0.208 e.